The summed E-state index contributed by atoms with van der Waals surface area (Å²) in [7, 11) is 0. The Morgan fingerprint density at radius 3 is 2.67 bits per heavy atom. The van der Waals surface area contributed by atoms with Crippen molar-refractivity contribution in [2.75, 3.05) is 6.54 Å². The van der Waals surface area contributed by atoms with E-state index in [1.165, 1.54) is 11.1 Å². The number of rotatable bonds is 1. The number of nitrogens with zero attached hydrogens (tertiary/aromatic N) is 1. The van der Waals surface area contributed by atoms with E-state index < -0.39 is 0 Å². The molecule has 0 N–H and O–H groups in total. The maximum Gasteiger partial charge on any atom is 0.0430 e. The first-order valence-electron chi connectivity index (χ1n) is 4.20. The zero-order valence-electron chi connectivity index (χ0n) is 6.90. The topological polar surface area (TPSA) is 12.4 Å². The second kappa shape index (κ2) is 3.35. The second-order valence-electron chi connectivity index (χ2n) is 2.92. The summed E-state index contributed by atoms with van der Waals surface area (Å²) in [5.41, 5.74) is 2.60. The normalized spacial score (nSPS) is 18.8. The van der Waals surface area contributed by atoms with Crippen molar-refractivity contribution >= 4 is 12.3 Å². The molecule has 0 unspecified atom stereocenters. The van der Waals surface area contributed by atoms with E-state index in [1.54, 1.807) is 0 Å². The van der Waals surface area contributed by atoms with Crippen LogP contribution in [0, 0.1) is 0 Å². The molecule has 1 aromatic carbocycles. The summed E-state index contributed by atoms with van der Waals surface area (Å²) in [6, 6.07) is 10.4. The second-order valence-corrected chi connectivity index (χ2v) is 2.92. The Morgan fingerprint density at radius 2 is 2.00 bits per heavy atom. The first-order valence-corrected chi connectivity index (χ1v) is 4.20. The highest BCUT2D eigenvalue weighted by Crippen LogP contribution is 2.11. The highest BCUT2D eigenvalue weighted by atomic mass is 14.7. The molecule has 0 spiro atoms. The third-order valence-electron chi connectivity index (χ3n) is 1.94. The van der Waals surface area contributed by atoms with Crippen molar-refractivity contribution in [3.63, 3.8) is 0 Å². The molecule has 0 aliphatic carbocycles. The van der Waals surface area contributed by atoms with Gasteiger partial charge < -0.3 is 0 Å². The summed E-state index contributed by atoms with van der Waals surface area (Å²) in [6.45, 7) is 0.957. The van der Waals surface area contributed by atoms with E-state index in [-0.39, 0.29) is 0 Å². The van der Waals surface area contributed by atoms with Gasteiger partial charge in [0.05, 0.1) is 0 Å². The summed E-state index contributed by atoms with van der Waals surface area (Å²) >= 11 is 0. The SMILES string of the molecule is C1=NCCC1=Cc1ccccc1. The molecule has 1 aliphatic rings. The summed E-state index contributed by atoms with van der Waals surface area (Å²) in [4.78, 5) is 4.17. The molecule has 1 aromatic rings. The lowest BCUT2D eigenvalue weighted by molar-refractivity contribution is 1.05. The van der Waals surface area contributed by atoms with Crippen molar-refractivity contribution in [3.8, 4) is 0 Å². The van der Waals surface area contributed by atoms with Gasteiger partial charge in [0.1, 0.15) is 0 Å². The van der Waals surface area contributed by atoms with Crippen LogP contribution in [0.4, 0.5) is 0 Å². The molecule has 0 saturated heterocycles. The maximum absolute atomic E-state index is 4.17. The predicted molar refractivity (Wildman–Crippen MR) is 52.4 cm³/mol. The van der Waals surface area contributed by atoms with Crippen molar-refractivity contribution in [2.45, 2.75) is 6.42 Å². The van der Waals surface area contributed by atoms with E-state index in [0.717, 1.165) is 13.0 Å². The van der Waals surface area contributed by atoms with Gasteiger partial charge in [0.25, 0.3) is 0 Å². The van der Waals surface area contributed by atoms with E-state index in [4.69, 9.17) is 0 Å². The van der Waals surface area contributed by atoms with Crippen LogP contribution in [0.15, 0.2) is 40.9 Å². The molecule has 0 fully saturated rings. The fraction of sp³-hybridized carbons (Fsp3) is 0.182. The number of hydrogen-bond acceptors (Lipinski definition) is 1. The van der Waals surface area contributed by atoms with Crippen LogP contribution < -0.4 is 0 Å². The van der Waals surface area contributed by atoms with Crippen LogP contribution in [0.5, 0.6) is 0 Å². The van der Waals surface area contributed by atoms with Crippen molar-refractivity contribution in [3.05, 3.63) is 41.5 Å². The minimum Gasteiger partial charge on any atom is -0.293 e. The van der Waals surface area contributed by atoms with E-state index in [9.17, 15) is 0 Å². The average Bonchev–Trinajstić information content (AvgIpc) is 2.59. The molecule has 1 nitrogen and oxygen atoms in total. The van der Waals surface area contributed by atoms with E-state index in [0.29, 0.717) is 0 Å². The minimum atomic E-state index is 0.957. The van der Waals surface area contributed by atoms with Gasteiger partial charge in [0.15, 0.2) is 0 Å². The smallest absolute Gasteiger partial charge is 0.0430 e. The zero-order chi connectivity index (χ0) is 8.23. The Balaban J connectivity index is 2.22. The molecular formula is C11H11N. The summed E-state index contributed by atoms with van der Waals surface area (Å²) in [5, 5.41) is 0. The van der Waals surface area contributed by atoms with Crippen LogP contribution in [-0.2, 0) is 0 Å². The average molecular weight is 157 g/mol. The molecule has 0 amide bonds. The lowest BCUT2D eigenvalue weighted by atomic mass is 10.1. The van der Waals surface area contributed by atoms with Crippen LogP contribution in [0.3, 0.4) is 0 Å². The van der Waals surface area contributed by atoms with E-state index in [1.807, 2.05) is 12.3 Å². The lowest BCUT2D eigenvalue weighted by Gasteiger charge is -1.93. The molecule has 0 saturated carbocycles. The first kappa shape index (κ1) is 7.29. The van der Waals surface area contributed by atoms with Gasteiger partial charge in [-0.15, -0.1) is 0 Å². The van der Waals surface area contributed by atoms with Crippen molar-refractivity contribution in [2.24, 2.45) is 4.99 Å². The predicted octanol–water partition coefficient (Wildman–Crippen LogP) is 2.54. The first-order chi connectivity index (χ1) is 5.95. The third kappa shape index (κ3) is 1.62. The Hall–Kier alpha value is -1.37. The number of aliphatic imine (C=N–C) groups is 1. The summed E-state index contributed by atoms with van der Waals surface area (Å²) in [6.07, 6.45) is 5.25. The molecule has 1 aliphatic heterocycles. The highest BCUT2D eigenvalue weighted by molar-refractivity contribution is 5.87. The quantitative estimate of drug-likeness (QED) is 0.594. The van der Waals surface area contributed by atoms with Crippen LogP contribution in [0.25, 0.3) is 6.08 Å². The third-order valence-corrected chi connectivity index (χ3v) is 1.94. The highest BCUT2D eigenvalue weighted by Gasteiger charge is 1.99. The monoisotopic (exact) mass is 157 g/mol. The largest absolute Gasteiger partial charge is 0.293 e. The fourth-order valence-corrected chi connectivity index (χ4v) is 1.31. The van der Waals surface area contributed by atoms with E-state index in [2.05, 4.69) is 35.3 Å². The molecule has 0 bridgehead atoms. The van der Waals surface area contributed by atoms with Gasteiger partial charge in [-0.25, -0.2) is 0 Å². The van der Waals surface area contributed by atoms with Gasteiger partial charge in [-0.05, 0) is 17.6 Å². The fourth-order valence-electron chi connectivity index (χ4n) is 1.31. The zero-order valence-corrected chi connectivity index (χ0v) is 6.90. The Bertz CT molecular complexity index is 309. The molecule has 2 rings (SSSR count). The standard InChI is InChI=1S/C11H11N/c1-2-4-10(5-3-1)8-11-6-7-12-9-11/h1-5,8-9H,6-7H2. The lowest BCUT2D eigenvalue weighted by Crippen LogP contribution is -1.78. The summed E-state index contributed by atoms with van der Waals surface area (Å²) in [5.74, 6) is 0. The molecule has 0 aromatic heterocycles. The van der Waals surface area contributed by atoms with Gasteiger partial charge in [-0.3, -0.25) is 4.99 Å². The number of benzene rings is 1. The Labute approximate surface area is 72.5 Å². The van der Waals surface area contributed by atoms with Gasteiger partial charge in [0.2, 0.25) is 0 Å². The van der Waals surface area contributed by atoms with Crippen LogP contribution in [0.2, 0.25) is 0 Å². The van der Waals surface area contributed by atoms with Crippen LogP contribution in [-0.4, -0.2) is 12.8 Å². The van der Waals surface area contributed by atoms with Gasteiger partial charge in [0, 0.05) is 12.8 Å². The molecule has 0 radical (unpaired) electrons. The van der Waals surface area contributed by atoms with Gasteiger partial charge in [-0.2, -0.15) is 0 Å². The Kier molecular flexibility index (Phi) is 2.04. The maximum atomic E-state index is 4.17. The van der Waals surface area contributed by atoms with Crippen LogP contribution >= 0.6 is 0 Å². The van der Waals surface area contributed by atoms with Crippen LogP contribution in [0.1, 0.15) is 12.0 Å². The van der Waals surface area contributed by atoms with Crippen molar-refractivity contribution in [1.29, 1.82) is 0 Å². The van der Waals surface area contributed by atoms with Crippen molar-refractivity contribution in [1.82, 2.24) is 0 Å². The van der Waals surface area contributed by atoms with Gasteiger partial charge >= 0.3 is 0 Å². The molecule has 1 heteroatoms. The Morgan fingerprint density at radius 1 is 1.17 bits per heavy atom. The molecule has 60 valence electrons. The minimum absolute atomic E-state index is 0.957. The van der Waals surface area contributed by atoms with Gasteiger partial charge in [-0.1, -0.05) is 36.4 Å². The van der Waals surface area contributed by atoms with Crippen molar-refractivity contribution < 1.29 is 0 Å². The molecule has 0 atom stereocenters. The molecule has 12 heavy (non-hydrogen) atoms. The molecular weight excluding hydrogens is 146 g/mol. The van der Waals surface area contributed by atoms with E-state index >= 15 is 0 Å². The summed E-state index contributed by atoms with van der Waals surface area (Å²) < 4.78 is 0. The number of hydrogen-bond donors (Lipinski definition) is 0. The molecule has 1 heterocycles.